The highest BCUT2D eigenvalue weighted by molar-refractivity contribution is 7.92. The molecule has 0 aliphatic heterocycles. The van der Waals surface area contributed by atoms with Crippen molar-refractivity contribution in [3.8, 4) is 0 Å². The van der Waals surface area contributed by atoms with Crippen molar-refractivity contribution < 1.29 is 8.42 Å². The predicted octanol–water partition coefficient (Wildman–Crippen LogP) is 2.28. The van der Waals surface area contributed by atoms with E-state index in [1.165, 1.54) is 5.56 Å². The van der Waals surface area contributed by atoms with Crippen LogP contribution >= 0.6 is 0 Å². The molecule has 1 aromatic carbocycles. The van der Waals surface area contributed by atoms with Crippen molar-refractivity contribution in [1.29, 1.82) is 0 Å². The molecule has 0 radical (unpaired) electrons. The minimum Gasteiger partial charge on any atom is -0.356 e. The fraction of sp³-hybridized carbons (Fsp3) is 0.650. The molecule has 1 aromatic rings. The summed E-state index contributed by atoms with van der Waals surface area (Å²) in [6.07, 6.45) is 0.963. The van der Waals surface area contributed by atoms with Gasteiger partial charge in [0.2, 0.25) is 0 Å². The van der Waals surface area contributed by atoms with Crippen molar-refractivity contribution in [2.45, 2.75) is 51.4 Å². The van der Waals surface area contributed by atoms with Gasteiger partial charge in [-0.2, -0.15) is 0 Å². The third kappa shape index (κ3) is 8.30. The summed E-state index contributed by atoms with van der Waals surface area (Å²) < 4.78 is 23.6. The van der Waals surface area contributed by atoms with Crippen LogP contribution in [0, 0.1) is 0 Å². The lowest BCUT2D eigenvalue weighted by molar-refractivity contribution is 0.238. The Kier molecular flexibility index (Phi) is 9.26. The lowest BCUT2D eigenvalue weighted by atomic mass is 10.1. The van der Waals surface area contributed by atoms with Crippen molar-refractivity contribution in [3.05, 3.63) is 35.9 Å². The van der Waals surface area contributed by atoms with E-state index in [9.17, 15) is 8.42 Å². The number of nitrogens with one attached hydrogen (secondary N) is 2. The zero-order chi connectivity index (χ0) is 20.5. The van der Waals surface area contributed by atoms with Crippen molar-refractivity contribution in [1.82, 2.24) is 15.5 Å². The summed E-state index contributed by atoms with van der Waals surface area (Å²) in [6.45, 7) is 9.42. The maximum absolute atomic E-state index is 12.1. The van der Waals surface area contributed by atoms with Gasteiger partial charge in [-0.25, -0.2) is 8.42 Å². The largest absolute Gasteiger partial charge is 0.356 e. The Morgan fingerprint density at radius 2 is 1.74 bits per heavy atom. The van der Waals surface area contributed by atoms with Gasteiger partial charge in [0.05, 0.1) is 10.5 Å². The lowest BCUT2D eigenvalue weighted by Gasteiger charge is -2.25. The highest BCUT2D eigenvalue weighted by atomic mass is 32.2. The maximum atomic E-state index is 12.1. The van der Waals surface area contributed by atoms with Crippen LogP contribution in [-0.2, 0) is 16.4 Å². The van der Waals surface area contributed by atoms with Crippen molar-refractivity contribution >= 4 is 15.8 Å². The Balaban J connectivity index is 2.34. The standard InChI is InChI=1S/C20H36N4O2S/c1-17(24(6)16-18-10-8-7-9-11-18)12-13-22-19(21-5)23-14-15-27(25,26)20(2,3)4/h7-11,17H,12-16H2,1-6H3,(H2,21,22,23). The van der Waals surface area contributed by atoms with Gasteiger partial charge in [0, 0.05) is 32.7 Å². The molecule has 0 aromatic heterocycles. The highest BCUT2D eigenvalue weighted by Gasteiger charge is 2.28. The second kappa shape index (κ2) is 10.7. The van der Waals surface area contributed by atoms with E-state index in [0.29, 0.717) is 18.5 Å². The summed E-state index contributed by atoms with van der Waals surface area (Å²) in [4.78, 5) is 6.49. The summed E-state index contributed by atoms with van der Waals surface area (Å²) in [5.74, 6) is 0.727. The zero-order valence-electron chi connectivity index (χ0n) is 17.6. The molecule has 0 amide bonds. The van der Waals surface area contributed by atoms with Crippen LogP contribution in [0.25, 0.3) is 0 Å². The van der Waals surface area contributed by atoms with Crippen molar-refractivity contribution in [3.63, 3.8) is 0 Å². The van der Waals surface area contributed by atoms with E-state index < -0.39 is 14.6 Å². The second-order valence-corrected chi connectivity index (χ2v) is 10.8. The van der Waals surface area contributed by atoms with Gasteiger partial charge in [0.1, 0.15) is 0 Å². The fourth-order valence-corrected chi connectivity index (χ4v) is 3.46. The van der Waals surface area contributed by atoms with Crippen molar-refractivity contribution in [2.24, 2.45) is 4.99 Å². The second-order valence-electron chi connectivity index (χ2n) is 7.90. The molecular weight excluding hydrogens is 360 g/mol. The molecule has 1 atom stereocenters. The smallest absolute Gasteiger partial charge is 0.191 e. The van der Waals surface area contributed by atoms with Gasteiger partial charge in [0.25, 0.3) is 0 Å². The van der Waals surface area contributed by atoms with Gasteiger partial charge in [-0.05, 0) is 46.7 Å². The van der Waals surface area contributed by atoms with E-state index in [4.69, 9.17) is 0 Å². The summed E-state index contributed by atoms with van der Waals surface area (Å²) >= 11 is 0. The minimum atomic E-state index is -3.13. The summed E-state index contributed by atoms with van der Waals surface area (Å²) in [5, 5.41) is 6.35. The molecular formula is C20H36N4O2S. The van der Waals surface area contributed by atoms with Crippen LogP contribution in [0.2, 0.25) is 0 Å². The Bertz CT molecular complexity index is 682. The number of rotatable bonds is 9. The molecule has 0 aliphatic carbocycles. The zero-order valence-corrected chi connectivity index (χ0v) is 18.4. The molecule has 7 heteroatoms. The third-order valence-corrected chi connectivity index (χ3v) is 7.31. The topological polar surface area (TPSA) is 73.8 Å². The number of nitrogens with zero attached hydrogens (tertiary/aromatic N) is 2. The molecule has 0 bridgehead atoms. The van der Waals surface area contributed by atoms with E-state index in [2.05, 4.69) is 58.8 Å². The van der Waals surface area contributed by atoms with Crippen LogP contribution in [-0.4, -0.2) is 63.0 Å². The summed E-state index contributed by atoms with van der Waals surface area (Å²) in [6, 6.07) is 10.8. The Morgan fingerprint density at radius 3 is 2.30 bits per heavy atom. The summed E-state index contributed by atoms with van der Waals surface area (Å²) in [7, 11) is 0.692. The Morgan fingerprint density at radius 1 is 1.15 bits per heavy atom. The van der Waals surface area contributed by atoms with E-state index >= 15 is 0 Å². The third-order valence-electron chi connectivity index (χ3n) is 4.70. The van der Waals surface area contributed by atoms with Gasteiger partial charge in [-0.1, -0.05) is 30.3 Å². The van der Waals surface area contributed by atoms with E-state index in [1.807, 2.05) is 6.07 Å². The number of guanidine groups is 1. The van der Waals surface area contributed by atoms with Crippen LogP contribution in [0.5, 0.6) is 0 Å². The van der Waals surface area contributed by atoms with Crippen LogP contribution in [0.4, 0.5) is 0 Å². The number of hydrogen-bond donors (Lipinski definition) is 2. The molecule has 0 saturated carbocycles. The van der Waals surface area contributed by atoms with E-state index in [1.54, 1.807) is 27.8 Å². The molecule has 0 heterocycles. The molecule has 0 spiro atoms. The quantitative estimate of drug-likeness (QED) is 0.495. The van der Waals surface area contributed by atoms with E-state index in [-0.39, 0.29) is 5.75 Å². The first kappa shape index (κ1) is 23.4. The Labute approximate surface area is 165 Å². The molecule has 1 unspecified atom stereocenters. The summed E-state index contributed by atoms with van der Waals surface area (Å²) in [5.41, 5.74) is 1.30. The minimum absolute atomic E-state index is 0.0907. The SMILES string of the molecule is CN=C(NCCC(C)N(C)Cc1ccccc1)NCCS(=O)(=O)C(C)(C)C. The number of hydrogen-bond acceptors (Lipinski definition) is 4. The van der Waals surface area contributed by atoms with E-state index in [0.717, 1.165) is 19.5 Å². The maximum Gasteiger partial charge on any atom is 0.191 e. The molecule has 2 N–H and O–H groups in total. The normalized spacial score (nSPS) is 14.3. The van der Waals surface area contributed by atoms with Gasteiger partial charge < -0.3 is 10.6 Å². The van der Waals surface area contributed by atoms with Crippen molar-refractivity contribution in [2.75, 3.05) is 32.9 Å². The number of aliphatic imine (C=N–C) groups is 1. The lowest BCUT2D eigenvalue weighted by Crippen LogP contribution is -2.43. The molecule has 0 saturated heterocycles. The van der Waals surface area contributed by atoms with Gasteiger partial charge >= 0.3 is 0 Å². The number of benzene rings is 1. The molecule has 27 heavy (non-hydrogen) atoms. The van der Waals surface area contributed by atoms with Gasteiger partial charge in [0.15, 0.2) is 15.8 Å². The average molecular weight is 397 g/mol. The highest BCUT2D eigenvalue weighted by Crippen LogP contribution is 2.15. The van der Waals surface area contributed by atoms with Crippen LogP contribution in [0.3, 0.4) is 0 Å². The monoisotopic (exact) mass is 396 g/mol. The molecule has 6 nitrogen and oxygen atoms in total. The first-order chi connectivity index (χ1) is 12.6. The average Bonchev–Trinajstić information content (AvgIpc) is 2.60. The van der Waals surface area contributed by atoms with Crippen LogP contribution < -0.4 is 10.6 Å². The first-order valence-corrected chi connectivity index (χ1v) is 11.1. The fourth-order valence-electron chi connectivity index (χ4n) is 2.48. The van der Waals surface area contributed by atoms with Crippen LogP contribution in [0.15, 0.2) is 35.3 Å². The predicted molar refractivity (Wildman–Crippen MR) is 115 cm³/mol. The number of sulfone groups is 1. The van der Waals surface area contributed by atoms with Crippen LogP contribution in [0.1, 0.15) is 39.7 Å². The molecule has 154 valence electrons. The molecule has 1 rings (SSSR count). The Hall–Kier alpha value is -1.60. The van der Waals surface area contributed by atoms with Gasteiger partial charge in [-0.3, -0.25) is 9.89 Å². The molecule has 0 aliphatic rings. The molecule has 0 fully saturated rings. The first-order valence-electron chi connectivity index (χ1n) is 9.48. The van der Waals surface area contributed by atoms with Gasteiger partial charge in [-0.15, -0.1) is 0 Å².